The molecule has 0 amide bonds. The van der Waals surface area contributed by atoms with Gasteiger partial charge >= 0.3 is 0 Å². The third-order valence-corrected chi connectivity index (χ3v) is 7.89. The minimum atomic E-state index is -1.48. The Morgan fingerprint density at radius 1 is 1.03 bits per heavy atom. The van der Waals surface area contributed by atoms with Gasteiger partial charge in [0.1, 0.15) is 24.4 Å². The van der Waals surface area contributed by atoms with Crippen molar-refractivity contribution in [1.82, 2.24) is 0 Å². The van der Waals surface area contributed by atoms with Crippen LogP contribution in [0.15, 0.2) is 0 Å². The lowest BCUT2D eigenvalue weighted by molar-refractivity contribution is -0.331. The lowest BCUT2D eigenvalue weighted by Gasteiger charge is -2.59. The first-order valence-electron chi connectivity index (χ1n) is 10.7. The fraction of sp³-hybridized carbons (Fsp3) is 1.00. The Hall–Kier alpha value is -0.320. The zero-order valence-electron chi connectivity index (χ0n) is 17.9. The van der Waals surface area contributed by atoms with E-state index in [-0.39, 0.29) is 17.9 Å². The van der Waals surface area contributed by atoms with Crippen molar-refractivity contribution in [2.45, 2.75) is 108 Å². The molecule has 0 aromatic heterocycles. The van der Waals surface area contributed by atoms with E-state index in [0.717, 1.165) is 12.8 Å². The molecule has 10 atom stereocenters. The summed E-state index contributed by atoms with van der Waals surface area (Å²) in [5, 5.41) is 61.5. The maximum absolute atomic E-state index is 11.1. The molecule has 3 fully saturated rings. The van der Waals surface area contributed by atoms with E-state index < -0.39 is 53.9 Å². The van der Waals surface area contributed by atoms with Crippen LogP contribution >= 0.6 is 0 Å². The van der Waals surface area contributed by atoms with E-state index in [1.54, 1.807) is 13.8 Å². The van der Waals surface area contributed by atoms with Crippen LogP contribution in [0.1, 0.15) is 59.8 Å². The molecule has 1 saturated heterocycles. The molecule has 0 aromatic rings. The van der Waals surface area contributed by atoms with Crippen molar-refractivity contribution >= 4 is 0 Å². The summed E-state index contributed by atoms with van der Waals surface area (Å²) in [4.78, 5) is 0. The number of hydrogen-bond donors (Lipinski definition) is 6. The number of hydrogen-bond acceptors (Lipinski definition) is 8. The van der Waals surface area contributed by atoms with Gasteiger partial charge in [-0.15, -0.1) is 0 Å². The summed E-state index contributed by atoms with van der Waals surface area (Å²) in [6, 6.07) is 0. The molecule has 0 aromatic carbocycles. The monoisotopic (exact) mass is 418 g/mol. The molecule has 3 aliphatic rings. The fourth-order valence-electron chi connectivity index (χ4n) is 5.81. The standard InChI is InChI=1S/C21H38O8/c1-19(2,26)11-5-7-20(3)13(9-11)21(4,27)8-6-14(20)29-18-17(25)16(24)15(23)12(10-22)28-18/h11-18,22-27H,5-10H2,1-4H3. The summed E-state index contributed by atoms with van der Waals surface area (Å²) in [7, 11) is 0. The van der Waals surface area contributed by atoms with Crippen LogP contribution in [-0.2, 0) is 9.47 Å². The average molecular weight is 419 g/mol. The van der Waals surface area contributed by atoms with Gasteiger partial charge in [0.15, 0.2) is 6.29 Å². The molecule has 0 bridgehead atoms. The number of aliphatic hydroxyl groups is 6. The summed E-state index contributed by atoms with van der Waals surface area (Å²) in [6.07, 6.45) is -3.60. The molecule has 170 valence electrons. The second kappa shape index (κ2) is 7.98. The highest BCUT2D eigenvalue weighted by molar-refractivity contribution is 5.07. The molecule has 8 nitrogen and oxygen atoms in total. The van der Waals surface area contributed by atoms with Gasteiger partial charge in [0.05, 0.1) is 23.9 Å². The molecule has 0 radical (unpaired) electrons. The van der Waals surface area contributed by atoms with Gasteiger partial charge in [-0.05, 0) is 70.1 Å². The quantitative estimate of drug-likeness (QED) is 0.372. The summed E-state index contributed by atoms with van der Waals surface area (Å²) < 4.78 is 11.7. The maximum Gasteiger partial charge on any atom is 0.186 e. The van der Waals surface area contributed by atoms with Gasteiger partial charge in [0.25, 0.3) is 0 Å². The molecule has 8 heteroatoms. The molecule has 1 heterocycles. The minimum absolute atomic E-state index is 0.0676. The third kappa shape index (κ3) is 4.23. The molecule has 2 saturated carbocycles. The smallest absolute Gasteiger partial charge is 0.186 e. The normalized spacial score (nSPS) is 51.5. The van der Waals surface area contributed by atoms with Gasteiger partial charge in [-0.2, -0.15) is 0 Å². The topological polar surface area (TPSA) is 140 Å². The van der Waals surface area contributed by atoms with Crippen molar-refractivity contribution in [2.75, 3.05) is 6.61 Å². The van der Waals surface area contributed by atoms with E-state index >= 15 is 0 Å². The Morgan fingerprint density at radius 3 is 2.28 bits per heavy atom. The summed E-state index contributed by atoms with van der Waals surface area (Å²) in [6.45, 7) is 7.02. The Morgan fingerprint density at radius 2 is 1.69 bits per heavy atom. The maximum atomic E-state index is 11.1. The first-order valence-corrected chi connectivity index (χ1v) is 10.7. The van der Waals surface area contributed by atoms with Crippen LogP contribution in [0.5, 0.6) is 0 Å². The summed E-state index contributed by atoms with van der Waals surface area (Å²) in [5.41, 5.74) is -2.13. The van der Waals surface area contributed by atoms with Crippen molar-refractivity contribution < 1.29 is 40.1 Å². The summed E-state index contributed by atoms with van der Waals surface area (Å²) in [5.74, 6) is -0.0399. The van der Waals surface area contributed by atoms with Gasteiger partial charge in [-0.25, -0.2) is 0 Å². The number of ether oxygens (including phenoxy) is 2. The van der Waals surface area contributed by atoms with E-state index in [2.05, 4.69) is 6.92 Å². The fourth-order valence-corrected chi connectivity index (χ4v) is 5.81. The van der Waals surface area contributed by atoms with Crippen molar-refractivity contribution in [1.29, 1.82) is 0 Å². The van der Waals surface area contributed by atoms with Gasteiger partial charge < -0.3 is 40.1 Å². The molecule has 6 N–H and O–H groups in total. The van der Waals surface area contributed by atoms with Crippen molar-refractivity contribution in [3.05, 3.63) is 0 Å². The summed E-state index contributed by atoms with van der Waals surface area (Å²) >= 11 is 0. The lowest BCUT2D eigenvalue weighted by Crippen LogP contribution is -2.63. The Kier molecular flexibility index (Phi) is 6.43. The van der Waals surface area contributed by atoms with Crippen LogP contribution in [0.2, 0.25) is 0 Å². The van der Waals surface area contributed by atoms with Gasteiger partial charge in [0, 0.05) is 0 Å². The van der Waals surface area contributed by atoms with Crippen LogP contribution in [0.25, 0.3) is 0 Å². The minimum Gasteiger partial charge on any atom is -0.394 e. The molecule has 2 aliphatic carbocycles. The van der Waals surface area contributed by atoms with Crippen LogP contribution in [-0.4, -0.2) is 85.3 Å². The van der Waals surface area contributed by atoms with Crippen LogP contribution < -0.4 is 0 Å². The third-order valence-electron chi connectivity index (χ3n) is 7.89. The average Bonchev–Trinajstić information content (AvgIpc) is 2.63. The van der Waals surface area contributed by atoms with E-state index in [1.807, 2.05) is 6.92 Å². The van der Waals surface area contributed by atoms with Crippen LogP contribution in [0, 0.1) is 17.3 Å². The molecule has 0 spiro atoms. The highest BCUT2D eigenvalue weighted by atomic mass is 16.7. The van der Waals surface area contributed by atoms with Gasteiger partial charge in [-0.3, -0.25) is 0 Å². The molecule has 3 rings (SSSR count). The van der Waals surface area contributed by atoms with Crippen molar-refractivity contribution in [3.63, 3.8) is 0 Å². The van der Waals surface area contributed by atoms with E-state index in [1.165, 1.54) is 0 Å². The predicted octanol–water partition coefficient (Wildman–Crippen LogP) is -0.0902. The molecule has 10 unspecified atom stereocenters. The second-order valence-corrected chi connectivity index (χ2v) is 10.4. The highest BCUT2D eigenvalue weighted by Gasteiger charge is 2.58. The number of fused-ring (bicyclic) bond motifs is 1. The number of rotatable bonds is 4. The zero-order chi connectivity index (χ0) is 21.8. The van der Waals surface area contributed by atoms with Crippen molar-refractivity contribution in [2.24, 2.45) is 17.3 Å². The van der Waals surface area contributed by atoms with E-state index in [0.29, 0.717) is 19.3 Å². The first kappa shape index (κ1) is 23.3. The molecule has 29 heavy (non-hydrogen) atoms. The predicted molar refractivity (Wildman–Crippen MR) is 104 cm³/mol. The van der Waals surface area contributed by atoms with Crippen LogP contribution in [0.3, 0.4) is 0 Å². The second-order valence-electron chi connectivity index (χ2n) is 10.4. The number of aliphatic hydroxyl groups excluding tert-OH is 4. The van der Waals surface area contributed by atoms with E-state index in [9.17, 15) is 30.6 Å². The zero-order valence-corrected chi connectivity index (χ0v) is 17.9. The first-order chi connectivity index (χ1) is 13.3. The van der Waals surface area contributed by atoms with Crippen LogP contribution in [0.4, 0.5) is 0 Å². The molecular formula is C21H38O8. The highest BCUT2D eigenvalue weighted by Crippen LogP contribution is 2.57. The van der Waals surface area contributed by atoms with E-state index in [4.69, 9.17) is 9.47 Å². The SMILES string of the molecule is CC(C)(O)C1CCC2(C)C(OC3OC(CO)C(O)C(O)C3O)CCC(C)(O)C2C1. The molecule has 1 aliphatic heterocycles. The largest absolute Gasteiger partial charge is 0.394 e. The van der Waals surface area contributed by atoms with Crippen molar-refractivity contribution in [3.8, 4) is 0 Å². The molecular weight excluding hydrogens is 380 g/mol. The van der Waals surface area contributed by atoms with Gasteiger partial charge in [0.2, 0.25) is 0 Å². The van der Waals surface area contributed by atoms with Gasteiger partial charge in [-0.1, -0.05) is 6.92 Å². The Bertz CT molecular complexity index is 574. The Labute approximate surface area is 172 Å². The Balaban J connectivity index is 1.80. The lowest BCUT2D eigenvalue weighted by atomic mass is 9.51.